The second-order valence-corrected chi connectivity index (χ2v) is 8.76. The van der Waals surface area contributed by atoms with Gasteiger partial charge in [0.25, 0.3) is 0 Å². The van der Waals surface area contributed by atoms with Crippen molar-refractivity contribution in [3.8, 4) is 0 Å². The van der Waals surface area contributed by atoms with E-state index in [0.717, 1.165) is 23.4 Å². The smallest absolute Gasteiger partial charge is 0.425 e. The van der Waals surface area contributed by atoms with E-state index in [1.165, 1.54) is 12.4 Å². The summed E-state index contributed by atoms with van der Waals surface area (Å²) in [6.07, 6.45) is 3.00. The molecule has 2 rings (SSSR count). The summed E-state index contributed by atoms with van der Waals surface area (Å²) in [7, 11) is 0. The molecule has 8 heteroatoms. The monoisotopic (exact) mass is 379 g/mol. The van der Waals surface area contributed by atoms with Crippen molar-refractivity contribution in [3.63, 3.8) is 0 Å². The van der Waals surface area contributed by atoms with Gasteiger partial charge in [0.2, 0.25) is 0 Å². The minimum atomic E-state index is -0.880. The lowest BCUT2D eigenvalue weighted by Gasteiger charge is -2.28. The molecule has 2 atom stereocenters. The van der Waals surface area contributed by atoms with Crippen LogP contribution in [0.5, 0.6) is 0 Å². The highest BCUT2D eigenvalue weighted by atomic mass is 16.6. The van der Waals surface area contributed by atoms with Crippen molar-refractivity contribution in [3.05, 3.63) is 18.1 Å². The predicted octanol–water partition coefficient (Wildman–Crippen LogP) is 3.78. The van der Waals surface area contributed by atoms with Crippen LogP contribution in [0.1, 0.15) is 72.4 Å². The van der Waals surface area contributed by atoms with Gasteiger partial charge >= 0.3 is 12.2 Å². The maximum atomic E-state index is 12.6. The number of anilines is 1. The summed E-state index contributed by atoms with van der Waals surface area (Å²) < 4.78 is 10.6. The lowest BCUT2D eigenvalue weighted by molar-refractivity contribution is 0.0429. The van der Waals surface area contributed by atoms with E-state index in [4.69, 9.17) is 9.47 Å². The van der Waals surface area contributed by atoms with Gasteiger partial charge in [0.15, 0.2) is 5.82 Å². The number of ether oxygens (including phenoxy) is 2. The molecule has 8 nitrogen and oxygen atoms in total. The first-order valence-electron chi connectivity index (χ1n) is 9.12. The van der Waals surface area contributed by atoms with Gasteiger partial charge < -0.3 is 14.6 Å². The largest absolute Gasteiger partial charge is 0.443 e. The molecule has 0 aromatic carbocycles. The van der Waals surface area contributed by atoms with Crippen LogP contribution in [-0.2, 0) is 9.47 Å². The molecule has 2 unspecified atom stereocenters. The van der Waals surface area contributed by atoms with E-state index in [2.05, 4.69) is 9.97 Å². The minimum absolute atomic E-state index is 0.0285. The normalized spacial score (nSPS) is 20.3. The molecule has 1 N–H and O–H groups in total. The zero-order valence-corrected chi connectivity index (χ0v) is 16.9. The van der Waals surface area contributed by atoms with Gasteiger partial charge in [-0.1, -0.05) is 0 Å². The number of amides is 2. The van der Waals surface area contributed by atoms with Gasteiger partial charge in [-0.3, -0.25) is 4.98 Å². The molecule has 0 bridgehead atoms. The Kier molecular flexibility index (Phi) is 6.09. The highest BCUT2D eigenvalue weighted by Crippen LogP contribution is 2.33. The molecule has 150 valence electrons. The Morgan fingerprint density at radius 2 is 1.56 bits per heavy atom. The Hall–Kier alpha value is -2.22. The third kappa shape index (κ3) is 6.16. The van der Waals surface area contributed by atoms with E-state index in [-0.39, 0.29) is 17.8 Å². The van der Waals surface area contributed by atoms with Crippen LogP contribution in [0.3, 0.4) is 0 Å². The van der Waals surface area contributed by atoms with Crippen molar-refractivity contribution in [1.29, 1.82) is 0 Å². The average molecular weight is 379 g/mol. The summed E-state index contributed by atoms with van der Waals surface area (Å²) in [5.74, 6) is 0.152. The molecule has 27 heavy (non-hydrogen) atoms. The van der Waals surface area contributed by atoms with E-state index in [9.17, 15) is 14.7 Å². The molecule has 1 aromatic rings. The Bertz CT molecular complexity index is 648. The van der Waals surface area contributed by atoms with Crippen molar-refractivity contribution in [1.82, 2.24) is 9.97 Å². The number of hydrogen-bond donors (Lipinski definition) is 1. The van der Waals surface area contributed by atoms with E-state index >= 15 is 0 Å². The first kappa shape index (κ1) is 21.1. The highest BCUT2D eigenvalue weighted by molar-refractivity contribution is 6.08. The lowest BCUT2D eigenvalue weighted by atomic mass is 10.0. The molecule has 1 heterocycles. The van der Waals surface area contributed by atoms with Crippen molar-refractivity contribution < 1.29 is 24.2 Å². The second-order valence-electron chi connectivity index (χ2n) is 8.76. The molecule has 0 aliphatic heterocycles. The number of rotatable bonds is 2. The van der Waals surface area contributed by atoms with Crippen LogP contribution in [0.4, 0.5) is 15.4 Å². The molecule has 2 amide bonds. The number of carbonyl (C=O) groups excluding carboxylic acids is 2. The number of carbonyl (C=O) groups is 2. The Labute approximate surface area is 159 Å². The van der Waals surface area contributed by atoms with Crippen LogP contribution < -0.4 is 4.90 Å². The number of aliphatic hydroxyl groups is 1. The molecular weight excluding hydrogens is 350 g/mol. The van der Waals surface area contributed by atoms with E-state index in [1.54, 1.807) is 41.5 Å². The van der Waals surface area contributed by atoms with Gasteiger partial charge in [0.1, 0.15) is 11.2 Å². The number of nitrogens with zero attached hydrogens (tertiary/aromatic N) is 3. The Morgan fingerprint density at radius 3 is 1.93 bits per heavy atom. The summed E-state index contributed by atoms with van der Waals surface area (Å²) in [5, 5.41) is 9.69. The van der Waals surface area contributed by atoms with E-state index in [0.29, 0.717) is 6.42 Å². The number of aliphatic hydroxyl groups excluding tert-OH is 1. The zero-order valence-electron chi connectivity index (χ0n) is 16.9. The maximum Gasteiger partial charge on any atom is 0.425 e. The van der Waals surface area contributed by atoms with Crippen molar-refractivity contribution >= 4 is 18.0 Å². The maximum absolute atomic E-state index is 12.6. The van der Waals surface area contributed by atoms with Gasteiger partial charge in [-0.05, 0) is 60.8 Å². The topological polar surface area (TPSA) is 102 Å². The van der Waals surface area contributed by atoms with Crippen LogP contribution in [0.25, 0.3) is 0 Å². The molecular formula is C19H29N3O5. The Morgan fingerprint density at radius 1 is 1.00 bits per heavy atom. The molecule has 0 radical (unpaired) electrons. The molecule has 1 aromatic heterocycles. The molecule has 1 aliphatic carbocycles. The molecule has 0 saturated heterocycles. The third-order valence-corrected chi connectivity index (χ3v) is 3.86. The molecule has 1 fully saturated rings. The fraction of sp³-hybridized carbons (Fsp3) is 0.684. The molecule has 0 spiro atoms. The van der Waals surface area contributed by atoms with E-state index < -0.39 is 23.4 Å². The summed E-state index contributed by atoms with van der Waals surface area (Å²) in [4.78, 5) is 34.5. The SMILES string of the molecule is CC(C)(C)OC(=O)N(C(=O)OC(C)(C)C)c1cnc(C2CCC(O)C2)cn1. The van der Waals surface area contributed by atoms with Gasteiger partial charge in [0, 0.05) is 5.92 Å². The van der Waals surface area contributed by atoms with Crippen molar-refractivity contribution in [2.24, 2.45) is 0 Å². The van der Waals surface area contributed by atoms with Crippen LogP contribution in [0, 0.1) is 0 Å². The third-order valence-electron chi connectivity index (χ3n) is 3.86. The number of hydrogen-bond acceptors (Lipinski definition) is 7. The lowest BCUT2D eigenvalue weighted by Crippen LogP contribution is -2.44. The van der Waals surface area contributed by atoms with Crippen molar-refractivity contribution in [2.75, 3.05) is 4.90 Å². The van der Waals surface area contributed by atoms with Gasteiger partial charge in [0.05, 0.1) is 24.2 Å². The molecule has 1 saturated carbocycles. The van der Waals surface area contributed by atoms with E-state index in [1.807, 2.05) is 0 Å². The summed E-state index contributed by atoms with van der Waals surface area (Å²) in [6.45, 7) is 10.2. The Balaban J connectivity index is 2.26. The minimum Gasteiger partial charge on any atom is -0.443 e. The second kappa shape index (κ2) is 7.80. The zero-order chi connectivity index (χ0) is 20.4. The van der Waals surface area contributed by atoms with Crippen molar-refractivity contribution in [2.45, 2.75) is 84.0 Å². The first-order valence-corrected chi connectivity index (χ1v) is 9.12. The van der Waals surface area contributed by atoms with Gasteiger partial charge in [-0.25, -0.2) is 14.6 Å². The average Bonchev–Trinajstić information content (AvgIpc) is 2.91. The summed E-state index contributed by atoms with van der Waals surface area (Å²) >= 11 is 0. The summed E-state index contributed by atoms with van der Waals surface area (Å²) in [6, 6.07) is 0. The van der Waals surface area contributed by atoms with Crippen LogP contribution >= 0.6 is 0 Å². The van der Waals surface area contributed by atoms with Crippen LogP contribution in [0.2, 0.25) is 0 Å². The predicted molar refractivity (Wildman–Crippen MR) is 99.6 cm³/mol. The van der Waals surface area contributed by atoms with Crippen LogP contribution in [0.15, 0.2) is 12.4 Å². The first-order chi connectivity index (χ1) is 12.4. The fourth-order valence-electron chi connectivity index (χ4n) is 2.76. The van der Waals surface area contributed by atoms with Gasteiger partial charge in [-0.2, -0.15) is 4.90 Å². The summed E-state index contributed by atoms with van der Waals surface area (Å²) in [5.41, 5.74) is -0.848. The van der Waals surface area contributed by atoms with Crippen LogP contribution in [-0.4, -0.2) is 44.6 Å². The van der Waals surface area contributed by atoms with Gasteiger partial charge in [-0.15, -0.1) is 0 Å². The standard InChI is InChI=1S/C19H29N3O5/c1-18(2,3)26-16(24)22(17(25)27-19(4,5)6)15-11-20-14(10-21-15)12-7-8-13(23)9-12/h10-13,23H,7-9H2,1-6H3. The number of imide groups is 1. The molecule has 1 aliphatic rings. The quantitative estimate of drug-likeness (QED) is 0.834. The highest BCUT2D eigenvalue weighted by Gasteiger charge is 2.34. The number of aromatic nitrogens is 2. The fourth-order valence-corrected chi connectivity index (χ4v) is 2.76.